The van der Waals surface area contributed by atoms with E-state index in [1.54, 1.807) is 13.8 Å². The number of carbonyl (C=O) groups is 2. The van der Waals surface area contributed by atoms with E-state index in [1.807, 2.05) is 0 Å². The summed E-state index contributed by atoms with van der Waals surface area (Å²) in [5, 5.41) is 2.46. The van der Waals surface area contributed by atoms with Crippen LogP contribution in [-0.4, -0.2) is 23.5 Å². The molecule has 6 heteroatoms. The average molecular weight is 240 g/mol. The zero-order valence-electron chi connectivity index (χ0n) is 9.62. The summed E-state index contributed by atoms with van der Waals surface area (Å²) in [4.78, 5) is 25.8. The highest BCUT2D eigenvalue weighted by molar-refractivity contribution is 6.02. The van der Waals surface area contributed by atoms with Crippen LogP contribution in [0.2, 0.25) is 0 Å². The number of amides is 1. The number of carbonyl (C=O) groups excluding carboxylic acids is 2. The fourth-order valence-corrected chi connectivity index (χ4v) is 1.19. The summed E-state index contributed by atoms with van der Waals surface area (Å²) >= 11 is 0. The first-order valence-corrected chi connectivity index (χ1v) is 5.10. The fraction of sp³-hybridized carbons (Fsp3) is 0.364. The summed E-state index contributed by atoms with van der Waals surface area (Å²) in [5.41, 5.74) is 0.912. The number of ether oxygens (including phenoxy) is 1. The Morgan fingerprint density at radius 2 is 2.24 bits per heavy atom. The molecule has 17 heavy (non-hydrogen) atoms. The van der Waals surface area contributed by atoms with Crippen molar-refractivity contribution in [2.24, 2.45) is 0 Å². The van der Waals surface area contributed by atoms with Gasteiger partial charge in [0.25, 0.3) is 0 Å². The van der Waals surface area contributed by atoms with Gasteiger partial charge in [0.15, 0.2) is 0 Å². The normalized spacial score (nSPS) is 9.82. The van der Waals surface area contributed by atoms with Gasteiger partial charge in [0.05, 0.1) is 18.5 Å². The Kier molecular flexibility index (Phi) is 4.56. The topological polar surface area (TPSA) is 68.3 Å². The quantitative estimate of drug-likeness (QED) is 0.491. The van der Waals surface area contributed by atoms with Gasteiger partial charge < -0.3 is 10.1 Å². The molecule has 0 unspecified atom stereocenters. The van der Waals surface area contributed by atoms with Gasteiger partial charge in [0, 0.05) is 0 Å². The van der Waals surface area contributed by atoms with Crippen LogP contribution in [0.15, 0.2) is 12.3 Å². The Balaban J connectivity index is 2.59. The van der Waals surface area contributed by atoms with Crippen LogP contribution in [0, 0.1) is 12.9 Å². The molecule has 0 saturated heterocycles. The lowest BCUT2D eigenvalue weighted by molar-refractivity contribution is -0.145. The molecule has 1 rings (SSSR count). The van der Waals surface area contributed by atoms with Gasteiger partial charge in [-0.3, -0.25) is 9.59 Å². The minimum absolute atomic E-state index is 0.225. The molecule has 0 aliphatic rings. The Morgan fingerprint density at radius 3 is 2.82 bits per heavy atom. The van der Waals surface area contributed by atoms with Crippen LogP contribution in [0.3, 0.4) is 0 Å². The lowest BCUT2D eigenvalue weighted by Crippen LogP contribution is -2.18. The zero-order valence-corrected chi connectivity index (χ0v) is 9.62. The molecule has 0 fully saturated rings. The lowest BCUT2D eigenvalue weighted by Gasteiger charge is -2.07. The number of nitrogens with one attached hydrogen (secondary N) is 1. The molecule has 0 aliphatic carbocycles. The predicted octanol–water partition coefficient (Wildman–Crippen LogP) is 1.42. The van der Waals surface area contributed by atoms with Gasteiger partial charge in [-0.25, -0.2) is 4.98 Å². The molecule has 0 spiro atoms. The summed E-state index contributed by atoms with van der Waals surface area (Å²) in [6, 6.07) is 1.19. The van der Waals surface area contributed by atoms with Crippen molar-refractivity contribution in [3.63, 3.8) is 0 Å². The van der Waals surface area contributed by atoms with Crippen molar-refractivity contribution >= 4 is 17.6 Å². The number of hydrogen-bond donors (Lipinski definition) is 1. The van der Waals surface area contributed by atoms with Crippen molar-refractivity contribution in [2.75, 3.05) is 11.9 Å². The standard InChI is InChI=1S/C11H13FN2O3/c1-3-17-11(16)5-10(15)14-8-6-13-9(12)4-7(8)2/h4,6H,3,5H2,1-2H3,(H,14,15). The molecule has 1 heterocycles. The Bertz CT molecular complexity index is 435. The molecular formula is C11H13FN2O3. The molecule has 1 N–H and O–H groups in total. The van der Waals surface area contributed by atoms with Crippen molar-refractivity contribution < 1.29 is 18.7 Å². The zero-order chi connectivity index (χ0) is 12.8. The van der Waals surface area contributed by atoms with Crippen LogP contribution in [0.5, 0.6) is 0 Å². The second-order valence-corrected chi connectivity index (χ2v) is 3.35. The third kappa shape index (κ3) is 4.18. The first-order valence-electron chi connectivity index (χ1n) is 5.10. The van der Waals surface area contributed by atoms with Crippen LogP contribution in [0.25, 0.3) is 0 Å². The van der Waals surface area contributed by atoms with Gasteiger partial charge in [0.1, 0.15) is 6.42 Å². The van der Waals surface area contributed by atoms with E-state index in [2.05, 4.69) is 15.0 Å². The number of pyridine rings is 1. The molecule has 5 nitrogen and oxygen atoms in total. The number of aromatic nitrogens is 1. The fourth-order valence-electron chi connectivity index (χ4n) is 1.19. The van der Waals surface area contributed by atoms with Gasteiger partial charge >= 0.3 is 5.97 Å². The van der Waals surface area contributed by atoms with Crippen molar-refractivity contribution in [3.8, 4) is 0 Å². The summed E-state index contributed by atoms with van der Waals surface area (Å²) in [7, 11) is 0. The van der Waals surface area contributed by atoms with Gasteiger partial charge in [-0.1, -0.05) is 0 Å². The van der Waals surface area contributed by atoms with Crippen LogP contribution in [-0.2, 0) is 14.3 Å². The van der Waals surface area contributed by atoms with Crippen molar-refractivity contribution in [1.82, 2.24) is 4.98 Å². The molecule has 1 aromatic rings. The van der Waals surface area contributed by atoms with E-state index in [-0.39, 0.29) is 13.0 Å². The van der Waals surface area contributed by atoms with Gasteiger partial charge in [0.2, 0.25) is 11.9 Å². The molecule has 0 saturated carbocycles. The van der Waals surface area contributed by atoms with E-state index >= 15 is 0 Å². The number of hydrogen-bond acceptors (Lipinski definition) is 4. The highest BCUT2D eigenvalue weighted by atomic mass is 19.1. The Labute approximate surface area is 98.0 Å². The molecule has 1 amide bonds. The van der Waals surface area contributed by atoms with Crippen LogP contribution >= 0.6 is 0 Å². The third-order valence-corrected chi connectivity index (χ3v) is 1.96. The van der Waals surface area contributed by atoms with Crippen molar-refractivity contribution in [3.05, 3.63) is 23.8 Å². The van der Waals surface area contributed by atoms with E-state index in [4.69, 9.17) is 0 Å². The SMILES string of the molecule is CCOC(=O)CC(=O)Nc1cnc(F)cc1C. The summed E-state index contributed by atoms with van der Waals surface area (Å²) < 4.78 is 17.3. The number of rotatable bonds is 4. The predicted molar refractivity (Wildman–Crippen MR) is 58.8 cm³/mol. The summed E-state index contributed by atoms with van der Waals surface area (Å²) in [5.74, 6) is -1.73. The molecule has 0 bridgehead atoms. The maximum Gasteiger partial charge on any atom is 0.315 e. The summed E-state index contributed by atoms with van der Waals surface area (Å²) in [6.45, 7) is 3.51. The van der Waals surface area contributed by atoms with Gasteiger partial charge in [-0.05, 0) is 25.5 Å². The molecule has 0 radical (unpaired) electrons. The molecule has 1 aromatic heterocycles. The second-order valence-electron chi connectivity index (χ2n) is 3.35. The van der Waals surface area contributed by atoms with Crippen molar-refractivity contribution in [2.45, 2.75) is 20.3 Å². The molecule has 0 atom stereocenters. The number of esters is 1. The Morgan fingerprint density at radius 1 is 1.53 bits per heavy atom. The largest absolute Gasteiger partial charge is 0.466 e. The first kappa shape index (κ1) is 13.1. The smallest absolute Gasteiger partial charge is 0.315 e. The van der Waals surface area contributed by atoms with E-state index in [1.165, 1.54) is 12.3 Å². The highest BCUT2D eigenvalue weighted by Crippen LogP contribution is 2.13. The molecular weight excluding hydrogens is 227 g/mol. The molecule has 0 aromatic carbocycles. The van der Waals surface area contributed by atoms with Gasteiger partial charge in [-0.15, -0.1) is 0 Å². The minimum atomic E-state index is -0.620. The van der Waals surface area contributed by atoms with E-state index in [0.717, 1.165) is 0 Å². The first-order chi connectivity index (χ1) is 8.02. The Hall–Kier alpha value is -1.98. The minimum Gasteiger partial charge on any atom is -0.466 e. The number of halogens is 1. The average Bonchev–Trinajstić information content (AvgIpc) is 2.22. The monoisotopic (exact) mass is 240 g/mol. The van der Waals surface area contributed by atoms with Gasteiger partial charge in [-0.2, -0.15) is 4.39 Å². The van der Waals surface area contributed by atoms with Crippen LogP contribution in [0.1, 0.15) is 18.9 Å². The van der Waals surface area contributed by atoms with E-state index in [9.17, 15) is 14.0 Å². The number of aryl methyl sites for hydroxylation is 1. The lowest BCUT2D eigenvalue weighted by atomic mass is 10.2. The number of anilines is 1. The van der Waals surface area contributed by atoms with Crippen molar-refractivity contribution in [1.29, 1.82) is 0 Å². The van der Waals surface area contributed by atoms with E-state index in [0.29, 0.717) is 11.3 Å². The maximum atomic E-state index is 12.7. The van der Waals surface area contributed by atoms with E-state index < -0.39 is 17.8 Å². The third-order valence-electron chi connectivity index (χ3n) is 1.96. The number of nitrogens with zero attached hydrogens (tertiary/aromatic N) is 1. The van der Waals surface area contributed by atoms with Crippen LogP contribution < -0.4 is 5.32 Å². The highest BCUT2D eigenvalue weighted by Gasteiger charge is 2.11. The maximum absolute atomic E-state index is 12.7. The van der Waals surface area contributed by atoms with Crippen LogP contribution in [0.4, 0.5) is 10.1 Å². The molecule has 92 valence electrons. The molecule has 0 aliphatic heterocycles. The second kappa shape index (κ2) is 5.93. The summed E-state index contributed by atoms with van der Waals surface area (Å²) in [6.07, 6.45) is 0.832.